The highest BCUT2D eigenvalue weighted by molar-refractivity contribution is 5.78. The molecule has 0 unspecified atom stereocenters. The summed E-state index contributed by atoms with van der Waals surface area (Å²) in [6.07, 6.45) is -4.42. The van der Waals surface area contributed by atoms with Gasteiger partial charge in [-0.2, -0.15) is 13.2 Å². The number of alkyl halides is 3. The third-order valence-corrected chi connectivity index (χ3v) is 3.86. The zero-order valence-corrected chi connectivity index (χ0v) is 15.1. The Bertz CT molecular complexity index is 764. The van der Waals surface area contributed by atoms with Crippen molar-refractivity contribution in [2.45, 2.75) is 19.1 Å². The molecule has 0 aliphatic heterocycles. The number of ether oxygens (including phenoxy) is 3. The molecule has 0 atom stereocenters. The molecule has 0 bridgehead atoms. The minimum atomic E-state index is -4.40. The summed E-state index contributed by atoms with van der Waals surface area (Å²) >= 11 is 0. The van der Waals surface area contributed by atoms with Crippen molar-refractivity contribution in [2.24, 2.45) is 0 Å². The van der Waals surface area contributed by atoms with E-state index in [1.165, 1.54) is 33.5 Å². The van der Waals surface area contributed by atoms with E-state index < -0.39 is 11.7 Å². The first kappa shape index (κ1) is 20.4. The van der Waals surface area contributed by atoms with Crippen LogP contribution in [0.15, 0.2) is 36.4 Å². The van der Waals surface area contributed by atoms with E-state index in [2.05, 4.69) is 5.32 Å². The monoisotopic (exact) mass is 383 g/mol. The number of hydrogen-bond donors (Lipinski definition) is 1. The second-order valence-electron chi connectivity index (χ2n) is 5.68. The van der Waals surface area contributed by atoms with Crippen molar-refractivity contribution in [3.05, 3.63) is 53.1 Å². The van der Waals surface area contributed by atoms with Gasteiger partial charge in [0.15, 0.2) is 11.5 Å². The van der Waals surface area contributed by atoms with Gasteiger partial charge in [-0.1, -0.05) is 12.1 Å². The Balaban J connectivity index is 2.01. The van der Waals surface area contributed by atoms with Crippen LogP contribution in [0.25, 0.3) is 0 Å². The van der Waals surface area contributed by atoms with E-state index in [0.29, 0.717) is 22.8 Å². The molecule has 2 aromatic rings. The Morgan fingerprint density at radius 1 is 0.926 bits per heavy atom. The molecule has 0 radical (unpaired) electrons. The van der Waals surface area contributed by atoms with Crippen LogP contribution in [0.2, 0.25) is 0 Å². The highest BCUT2D eigenvalue weighted by atomic mass is 19.4. The van der Waals surface area contributed by atoms with Crippen LogP contribution in [-0.4, -0.2) is 27.2 Å². The number of rotatable bonds is 7. The summed E-state index contributed by atoms with van der Waals surface area (Å²) in [5.74, 6) is 1.05. The lowest BCUT2D eigenvalue weighted by Gasteiger charge is -2.14. The van der Waals surface area contributed by atoms with Crippen molar-refractivity contribution in [1.82, 2.24) is 5.32 Å². The molecule has 0 heterocycles. The fourth-order valence-corrected chi connectivity index (χ4v) is 2.50. The van der Waals surface area contributed by atoms with Crippen LogP contribution < -0.4 is 19.5 Å². The van der Waals surface area contributed by atoms with Gasteiger partial charge in [-0.05, 0) is 35.4 Å². The quantitative estimate of drug-likeness (QED) is 0.794. The van der Waals surface area contributed by atoms with Gasteiger partial charge in [0.1, 0.15) is 0 Å². The maximum Gasteiger partial charge on any atom is 0.416 e. The molecule has 0 spiro atoms. The molecular weight excluding hydrogens is 363 g/mol. The van der Waals surface area contributed by atoms with Gasteiger partial charge in [0.05, 0.1) is 33.3 Å². The van der Waals surface area contributed by atoms with Gasteiger partial charge in [-0.3, -0.25) is 4.79 Å². The molecule has 1 amide bonds. The summed E-state index contributed by atoms with van der Waals surface area (Å²) in [4.78, 5) is 12.1. The van der Waals surface area contributed by atoms with Crippen molar-refractivity contribution in [3.63, 3.8) is 0 Å². The number of carbonyl (C=O) groups is 1. The summed E-state index contributed by atoms with van der Waals surface area (Å²) in [6, 6.07) is 7.92. The predicted octanol–water partition coefficient (Wildman–Crippen LogP) is 3.59. The van der Waals surface area contributed by atoms with E-state index in [0.717, 1.165) is 17.7 Å². The van der Waals surface area contributed by atoms with Crippen LogP contribution in [0.4, 0.5) is 13.2 Å². The Morgan fingerprint density at radius 3 is 1.93 bits per heavy atom. The van der Waals surface area contributed by atoms with Crippen LogP contribution >= 0.6 is 0 Å². The molecule has 0 saturated heterocycles. The molecule has 0 saturated carbocycles. The van der Waals surface area contributed by atoms with E-state index in [9.17, 15) is 18.0 Å². The van der Waals surface area contributed by atoms with Crippen LogP contribution in [0, 0.1) is 0 Å². The summed E-state index contributed by atoms with van der Waals surface area (Å²) in [5, 5.41) is 2.72. The Hall–Kier alpha value is -2.90. The topological polar surface area (TPSA) is 56.8 Å². The molecule has 2 aromatic carbocycles. The van der Waals surface area contributed by atoms with E-state index >= 15 is 0 Å². The Kier molecular flexibility index (Phi) is 6.55. The van der Waals surface area contributed by atoms with Gasteiger partial charge < -0.3 is 19.5 Å². The summed E-state index contributed by atoms with van der Waals surface area (Å²) in [5.41, 5.74) is 0.472. The van der Waals surface area contributed by atoms with Crippen molar-refractivity contribution in [3.8, 4) is 17.2 Å². The molecule has 0 fully saturated rings. The first-order chi connectivity index (χ1) is 12.8. The third-order valence-electron chi connectivity index (χ3n) is 3.86. The minimum Gasteiger partial charge on any atom is -0.493 e. The van der Waals surface area contributed by atoms with E-state index in [4.69, 9.17) is 14.2 Å². The number of halogens is 3. The number of carbonyl (C=O) groups excluding carboxylic acids is 1. The van der Waals surface area contributed by atoms with Crippen molar-refractivity contribution in [2.75, 3.05) is 21.3 Å². The average Bonchev–Trinajstić information content (AvgIpc) is 2.65. The van der Waals surface area contributed by atoms with Gasteiger partial charge in [-0.15, -0.1) is 0 Å². The van der Waals surface area contributed by atoms with Crippen LogP contribution in [-0.2, 0) is 23.9 Å². The summed E-state index contributed by atoms with van der Waals surface area (Å²) in [7, 11) is 4.47. The molecule has 2 rings (SSSR count). The maximum absolute atomic E-state index is 12.6. The van der Waals surface area contributed by atoms with Gasteiger partial charge in [0.2, 0.25) is 11.7 Å². The van der Waals surface area contributed by atoms with Crippen LogP contribution in [0.3, 0.4) is 0 Å². The summed E-state index contributed by atoms with van der Waals surface area (Å²) < 4.78 is 53.4. The molecule has 0 aromatic heterocycles. The van der Waals surface area contributed by atoms with Crippen molar-refractivity contribution < 1.29 is 32.2 Å². The van der Waals surface area contributed by atoms with Crippen molar-refractivity contribution in [1.29, 1.82) is 0 Å². The zero-order chi connectivity index (χ0) is 20.0. The number of nitrogens with one attached hydrogen (secondary N) is 1. The highest BCUT2D eigenvalue weighted by Gasteiger charge is 2.29. The van der Waals surface area contributed by atoms with Crippen molar-refractivity contribution >= 4 is 5.91 Å². The van der Waals surface area contributed by atoms with Gasteiger partial charge >= 0.3 is 6.18 Å². The standard InChI is InChI=1S/C19H20F3NO4/c1-25-15-8-13(9-16(26-2)18(15)27-3)11-23-17(24)10-12-4-6-14(7-5-12)19(20,21)22/h4-9H,10-11H2,1-3H3,(H,23,24). The van der Waals surface area contributed by atoms with Crippen LogP contribution in [0.1, 0.15) is 16.7 Å². The Labute approximate surface area is 155 Å². The second-order valence-corrected chi connectivity index (χ2v) is 5.68. The molecule has 0 aliphatic carbocycles. The largest absolute Gasteiger partial charge is 0.493 e. The van der Waals surface area contributed by atoms with Gasteiger partial charge in [0, 0.05) is 6.54 Å². The third kappa shape index (κ3) is 5.29. The lowest BCUT2D eigenvalue weighted by molar-refractivity contribution is -0.137. The SMILES string of the molecule is COc1cc(CNC(=O)Cc2ccc(C(F)(F)F)cc2)cc(OC)c1OC. The lowest BCUT2D eigenvalue weighted by Crippen LogP contribution is -2.24. The highest BCUT2D eigenvalue weighted by Crippen LogP contribution is 2.38. The van der Waals surface area contributed by atoms with Crippen LogP contribution in [0.5, 0.6) is 17.2 Å². The fraction of sp³-hybridized carbons (Fsp3) is 0.316. The average molecular weight is 383 g/mol. The summed E-state index contributed by atoms with van der Waals surface area (Å²) in [6.45, 7) is 0.205. The van der Waals surface area contributed by atoms with Gasteiger partial charge in [-0.25, -0.2) is 0 Å². The minimum absolute atomic E-state index is 0.0252. The second kappa shape index (κ2) is 8.66. The van der Waals surface area contributed by atoms with E-state index in [1.807, 2.05) is 0 Å². The molecule has 5 nitrogen and oxygen atoms in total. The van der Waals surface area contributed by atoms with Gasteiger partial charge in [0.25, 0.3) is 0 Å². The molecule has 27 heavy (non-hydrogen) atoms. The number of hydrogen-bond acceptors (Lipinski definition) is 4. The van der Waals surface area contributed by atoms with E-state index in [-0.39, 0.29) is 18.9 Å². The number of amides is 1. The lowest BCUT2D eigenvalue weighted by atomic mass is 10.1. The molecule has 0 aliphatic rings. The number of methoxy groups -OCH3 is 3. The normalized spacial score (nSPS) is 11.0. The first-order valence-electron chi connectivity index (χ1n) is 8.00. The molecule has 1 N–H and O–H groups in total. The first-order valence-corrected chi connectivity index (χ1v) is 8.00. The smallest absolute Gasteiger partial charge is 0.416 e. The molecule has 146 valence electrons. The van der Waals surface area contributed by atoms with E-state index in [1.54, 1.807) is 12.1 Å². The Morgan fingerprint density at radius 2 is 1.48 bits per heavy atom. The number of benzene rings is 2. The predicted molar refractivity (Wildman–Crippen MR) is 93.1 cm³/mol. The molecule has 8 heteroatoms. The zero-order valence-electron chi connectivity index (χ0n) is 15.1. The maximum atomic E-state index is 12.6. The fourth-order valence-electron chi connectivity index (χ4n) is 2.50. The molecular formula is C19H20F3NO4.